The molecular formula is C22H27NO4S. The van der Waals surface area contributed by atoms with Crippen LogP contribution in [0, 0.1) is 5.92 Å². The number of carbonyl (C=O) groups excluding carboxylic acids is 1. The van der Waals surface area contributed by atoms with Crippen molar-refractivity contribution in [3.8, 4) is 5.75 Å². The molecule has 0 aromatic heterocycles. The predicted molar refractivity (Wildman–Crippen MR) is 113 cm³/mol. The third-order valence-electron chi connectivity index (χ3n) is 4.05. The summed E-state index contributed by atoms with van der Waals surface area (Å²) in [5.41, 5.74) is 1.61. The number of benzene rings is 2. The van der Waals surface area contributed by atoms with Crippen LogP contribution in [0.15, 0.2) is 64.6 Å². The standard InChI is InChI=1S/C22H27NO4S/c1-4-27-23-17(2)21(22(24)25-3)16-18-10-12-19(13-11-18)26-14-15-28-20-8-6-5-7-9-20/h5-13,21H,4,14-16H2,1-3H3/b23-17-. The van der Waals surface area contributed by atoms with Gasteiger partial charge in [0.1, 0.15) is 18.3 Å². The summed E-state index contributed by atoms with van der Waals surface area (Å²) < 4.78 is 10.7. The number of oxime groups is 1. The van der Waals surface area contributed by atoms with Crippen molar-refractivity contribution in [3.63, 3.8) is 0 Å². The first-order valence-corrected chi connectivity index (χ1v) is 10.3. The Morgan fingerprint density at radius 3 is 2.46 bits per heavy atom. The van der Waals surface area contributed by atoms with E-state index in [9.17, 15) is 4.79 Å². The second kappa shape index (κ2) is 12.1. The molecule has 0 fully saturated rings. The Hall–Kier alpha value is -2.47. The average Bonchev–Trinajstić information content (AvgIpc) is 2.74. The van der Waals surface area contributed by atoms with Gasteiger partial charge in [-0.2, -0.15) is 0 Å². The summed E-state index contributed by atoms with van der Waals surface area (Å²) in [6.45, 7) is 4.71. The molecule has 28 heavy (non-hydrogen) atoms. The van der Waals surface area contributed by atoms with Crippen LogP contribution >= 0.6 is 11.8 Å². The van der Waals surface area contributed by atoms with Crippen LogP contribution in [0.25, 0.3) is 0 Å². The summed E-state index contributed by atoms with van der Waals surface area (Å²) in [6, 6.07) is 18.0. The fourth-order valence-electron chi connectivity index (χ4n) is 2.57. The zero-order chi connectivity index (χ0) is 20.2. The van der Waals surface area contributed by atoms with E-state index >= 15 is 0 Å². The van der Waals surface area contributed by atoms with E-state index in [2.05, 4.69) is 17.3 Å². The van der Waals surface area contributed by atoms with Gasteiger partial charge in [-0.25, -0.2) is 0 Å². The van der Waals surface area contributed by atoms with Crippen LogP contribution in [0.3, 0.4) is 0 Å². The van der Waals surface area contributed by atoms with E-state index in [-0.39, 0.29) is 5.97 Å². The lowest BCUT2D eigenvalue weighted by Crippen LogP contribution is -2.26. The summed E-state index contributed by atoms with van der Waals surface area (Å²) in [5.74, 6) is 0.903. The van der Waals surface area contributed by atoms with Crippen LogP contribution in [-0.2, 0) is 20.8 Å². The van der Waals surface area contributed by atoms with Crippen LogP contribution < -0.4 is 4.74 Å². The number of carbonyl (C=O) groups is 1. The smallest absolute Gasteiger partial charge is 0.314 e. The van der Waals surface area contributed by atoms with E-state index < -0.39 is 5.92 Å². The van der Waals surface area contributed by atoms with E-state index in [0.29, 0.717) is 25.3 Å². The number of rotatable bonds is 11. The molecule has 0 aliphatic carbocycles. The summed E-state index contributed by atoms with van der Waals surface area (Å²) in [5, 5.41) is 3.99. The van der Waals surface area contributed by atoms with Crippen LogP contribution in [0.4, 0.5) is 0 Å². The molecule has 1 unspecified atom stereocenters. The Balaban J connectivity index is 1.86. The molecule has 5 nitrogen and oxygen atoms in total. The lowest BCUT2D eigenvalue weighted by Gasteiger charge is -2.14. The molecular weight excluding hydrogens is 374 g/mol. The van der Waals surface area contributed by atoms with Crippen molar-refractivity contribution in [1.29, 1.82) is 0 Å². The van der Waals surface area contributed by atoms with E-state index in [0.717, 1.165) is 17.1 Å². The Kier molecular flexibility index (Phi) is 9.42. The third-order valence-corrected chi connectivity index (χ3v) is 5.03. The largest absolute Gasteiger partial charge is 0.493 e. The Morgan fingerprint density at radius 2 is 1.82 bits per heavy atom. The van der Waals surface area contributed by atoms with Crippen LogP contribution in [0.2, 0.25) is 0 Å². The van der Waals surface area contributed by atoms with E-state index in [1.165, 1.54) is 12.0 Å². The second-order valence-corrected chi connectivity index (χ2v) is 7.25. The maximum absolute atomic E-state index is 12.1. The highest BCUT2D eigenvalue weighted by Gasteiger charge is 2.23. The van der Waals surface area contributed by atoms with Gasteiger partial charge in [0.05, 0.1) is 19.4 Å². The van der Waals surface area contributed by atoms with Gasteiger partial charge < -0.3 is 14.3 Å². The molecule has 0 bridgehead atoms. The summed E-state index contributed by atoms with van der Waals surface area (Å²) in [7, 11) is 1.38. The fourth-order valence-corrected chi connectivity index (χ4v) is 3.32. The number of methoxy groups -OCH3 is 1. The first-order valence-electron chi connectivity index (χ1n) is 9.28. The molecule has 0 radical (unpaired) electrons. The van der Waals surface area contributed by atoms with Crippen LogP contribution in [0.1, 0.15) is 19.4 Å². The molecule has 0 saturated carbocycles. The molecule has 0 aliphatic heterocycles. The van der Waals surface area contributed by atoms with E-state index in [1.54, 1.807) is 18.7 Å². The maximum Gasteiger partial charge on any atom is 0.314 e. The first kappa shape index (κ1) is 21.8. The molecule has 1 atom stereocenters. The molecule has 2 aromatic carbocycles. The van der Waals surface area contributed by atoms with Crippen molar-refractivity contribution >= 4 is 23.4 Å². The Morgan fingerprint density at radius 1 is 1.11 bits per heavy atom. The number of ether oxygens (including phenoxy) is 2. The molecule has 150 valence electrons. The normalized spacial score (nSPS) is 12.3. The number of esters is 1. The first-order chi connectivity index (χ1) is 13.6. The minimum absolute atomic E-state index is 0.320. The monoisotopic (exact) mass is 401 g/mol. The van der Waals surface area contributed by atoms with Gasteiger partial charge in [-0.05, 0) is 50.1 Å². The third kappa shape index (κ3) is 7.27. The molecule has 0 aliphatic rings. The Bertz CT molecular complexity index is 747. The second-order valence-electron chi connectivity index (χ2n) is 6.08. The van der Waals surface area contributed by atoms with Gasteiger partial charge in [-0.15, -0.1) is 11.8 Å². The highest BCUT2D eigenvalue weighted by molar-refractivity contribution is 7.99. The van der Waals surface area contributed by atoms with Gasteiger partial charge in [0.2, 0.25) is 0 Å². The zero-order valence-corrected chi connectivity index (χ0v) is 17.4. The zero-order valence-electron chi connectivity index (χ0n) is 16.6. The van der Waals surface area contributed by atoms with Gasteiger partial charge >= 0.3 is 5.97 Å². The highest BCUT2D eigenvalue weighted by atomic mass is 32.2. The van der Waals surface area contributed by atoms with E-state index in [4.69, 9.17) is 14.3 Å². The van der Waals surface area contributed by atoms with Crippen molar-refractivity contribution in [2.45, 2.75) is 25.2 Å². The van der Waals surface area contributed by atoms with Gasteiger partial charge in [0.15, 0.2) is 0 Å². The summed E-state index contributed by atoms with van der Waals surface area (Å²) in [4.78, 5) is 18.4. The summed E-state index contributed by atoms with van der Waals surface area (Å²) >= 11 is 1.77. The maximum atomic E-state index is 12.1. The Labute approximate surface area is 171 Å². The number of nitrogens with zero attached hydrogens (tertiary/aromatic N) is 1. The van der Waals surface area contributed by atoms with Gasteiger partial charge in [-0.3, -0.25) is 4.79 Å². The molecule has 2 rings (SSSR count). The van der Waals surface area contributed by atoms with E-state index in [1.807, 2.05) is 49.4 Å². The molecule has 0 spiro atoms. The minimum Gasteiger partial charge on any atom is -0.493 e. The molecule has 0 N–H and O–H groups in total. The molecule has 0 saturated heterocycles. The topological polar surface area (TPSA) is 57.1 Å². The average molecular weight is 402 g/mol. The molecule has 6 heteroatoms. The van der Waals surface area contributed by atoms with Gasteiger partial charge in [-0.1, -0.05) is 35.5 Å². The van der Waals surface area contributed by atoms with Crippen LogP contribution in [0.5, 0.6) is 5.75 Å². The van der Waals surface area contributed by atoms with Gasteiger partial charge in [0, 0.05) is 10.6 Å². The fraction of sp³-hybridized carbons (Fsp3) is 0.364. The molecule has 0 heterocycles. The SMILES string of the molecule is CCO/N=C(/C)C(Cc1ccc(OCCSc2ccccc2)cc1)C(=O)OC. The number of hydrogen-bond donors (Lipinski definition) is 0. The minimum atomic E-state index is -0.467. The van der Waals surface area contributed by atoms with Crippen molar-refractivity contribution in [3.05, 3.63) is 60.2 Å². The quantitative estimate of drug-likeness (QED) is 0.181. The van der Waals surface area contributed by atoms with Crippen molar-refractivity contribution in [1.82, 2.24) is 0 Å². The van der Waals surface area contributed by atoms with Crippen molar-refractivity contribution < 1.29 is 19.1 Å². The number of thioether (sulfide) groups is 1. The summed E-state index contributed by atoms with van der Waals surface area (Å²) in [6.07, 6.45) is 0.499. The van der Waals surface area contributed by atoms with Crippen molar-refractivity contribution in [2.24, 2.45) is 11.1 Å². The lowest BCUT2D eigenvalue weighted by atomic mass is 9.95. The van der Waals surface area contributed by atoms with Crippen LogP contribution in [-0.4, -0.2) is 37.8 Å². The number of hydrogen-bond acceptors (Lipinski definition) is 6. The van der Waals surface area contributed by atoms with Crippen molar-refractivity contribution in [2.75, 3.05) is 26.1 Å². The molecule has 2 aromatic rings. The highest BCUT2D eigenvalue weighted by Crippen LogP contribution is 2.19. The predicted octanol–water partition coefficient (Wildman–Crippen LogP) is 4.60. The lowest BCUT2D eigenvalue weighted by molar-refractivity contribution is -0.143. The van der Waals surface area contributed by atoms with Gasteiger partial charge in [0.25, 0.3) is 0 Å². The molecule has 0 amide bonds.